The number of likely N-dealkylation sites (N-methyl/N-ethyl adjacent to an activating group) is 1. The van der Waals surface area contributed by atoms with E-state index in [4.69, 9.17) is 0 Å². The highest BCUT2D eigenvalue weighted by molar-refractivity contribution is 5.99. The van der Waals surface area contributed by atoms with Crippen molar-refractivity contribution in [1.29, 1.82) is 0 Å². The summed E-state index contributed by atoms with van der Waals surface area (Å²) >= 11 is 0. The van der Waals surface area contributed by atoms with Crippen LogP contribution in [0.2, 0.25) is 0 Å². The summed E-state index contributed by atoms with van der Waals surface area (Å²) in [5.41, 5.74) is 1.77. The molecule has 74 valence electrons. The molecule has 0 radical (unpaired) electrons. The van der Waals surface area contributed by atoms with Crippen LogP contribution in [0, 0.1) is 6.92 Å². The van der Waals surface area contributed by atoms with Crippen molar-refractivity contribution < 1.29 is 9.90 Å². The van der Waals surface area contributed by atoms with Crippen LogP contribution >= 0.6 is 0 Å². The summed E-state index contributed by atoms with van der Waals surface area (Å²) < 4.78 is 0. The molecule has 1 N–H and O–H groups in total. The number of hydrogen-bond acceptors (Lipinski definition) is 3. The standard InChI is InChI=1S/C10H12N2O2/c1-6-9(13)8-7(5-11-6)3-4-12(2)10(8)14/h5,13H,3-4H2,1-2H3. The molecule has 1 aliphatic rings. The molecule has 0 bridgehead atoms. The minimum Gasteiger partial charge on any atom is -0.505 e. The third-order valence-electron chi connectivity index (χ3n) is 2.59. The van der Waals surface area contributed by atoms with Gasteiger partial charge in [0.1, 0.15) is 5.75 Å². The van der Waals surface area contributed by atoms with Gasteiger partial charge in [-0.15, -0.1) is 0 Å². The van der Waals surface area contributed by atoms with Crippen molar-refractivity contribution >= 4 is 5.91 Å². The number of rotatable bonds is 0. The van der Waals surface area contributed by atoms with Gasteiger partial charge < -0.3 is 10.0 Å². The molecule has 0 aliphatic carbocycles. The summed E-state index contributed by atoms with van der Waals surface area (Å²) in [6.45, 7) is 2.38. The highest BCUT2D eigenvalue weighted by Crippen LogP contribution is 2.27. The maximum Gasteiger partial charge on any atom is 0.257 e. The van der Waals surface area contributed by atoms with Crippen molar-refractivity contribution in [3.63, 3.8) is 0 Å². The molecular formula is C10H12N2O2. The van der Waals surface area contributed by atoms with Gasteiger partial charge in [-0.3, -0.25) is 9.78 Å². The number of fused-ring (bicyclic) bond motifs is 1. The molecule has 1 aromatic rings. The van der Waals surface area contributed by atoms with Crippen molar-refractivity contribution in [2.75, 3.05) is 13.6 Å². The predicted molar refractivity (Wildman–Crippen MR) is 51.3 cm³/mol. The summed E-state index contributed by atoms with van der Waals surface area (Å²) in [5.74, 6) is -0.0895. The number of carbonyl (C=O) groups is 1. The Morgan fingerprint density at radius 1 is 1.57 bits per heavy atom. The summed E-state index contributed by atoms with van der Waals surface area (Å²) in [6.07, 6.45) is 2.44. The number of aromatic nitrogens is 1. The van der Waals surface area contributed by atoms with Gasteiger partial charge in [0.05, 0.1) is 11.3 Å². The first-order valence-electron chi connectivity index (χ1n) is 4.54. The van der Waals surface area contributed by atoms with E-state index in [1.54, 1.807) is 25.1 Å². The van der Waals surface area contributed by atoms with E-state index < -0.39 is 0 Å². The molecule has 0 fully saturated rings. The van der Waals surface area contributed by atoms with Gasteiger partial charge in [-0.2, -0.15) is 0 Å². The van der Waals surface area contributed by atoms with E-state index in [0.29, 0.717) is 17.8 Å². The van der Waals surface area contributed by atoms with Crippen LogP contribution in [-0.2, 0) is 6.42 Å². The Hall–Kier alpha value is -1.58. The van der Waals surface area contributed by atoms with Gasteiger partial charge >= 0.3 is 0 Å². The minimum atomic E-state index is -0.116. The maximum atomic E-state index is 11.7. The first kappa shape index (κ1) is 8.99. The van der Waals surface area contributed by atoms with Crippen LogP contribution in [0.4, 0.5) is 0 Å². The molecule has 0 spiro atoms. The van der Waals surface area contributed by atoms with E-state index in [1.165, 1.54) is 0 Å². The highest BCUT2D eigenvalue weighted by atomic mass is 16.3. The Morgan fingerprint density at radius 3 is 3.00 bits per heavy atom. The average molecular weight is 192 g/mol. The highest BCUT2D eigenvalue weighted by Gasteiger charge is 2.25. The van der Waals surface area contributed by atoms with E-state index in [1.807, 2.05) is 0 Å². The minimum absolute atomic E-state index is 0.0269. The van der Waals surface area contributed by atoms with Gasteiger partial charge in [-0.05, 0) is 18.9 Å². The Bertz CT molecular complexity index is 401. The first-order chi connectivity index (χ1) is 6.61. The fraction of sp³-hybridized carbons (Fsp3) is 0.400. The lowest BCUT2D eigenvalue weighted by Gasteiger charge is -2.25. The molecular weight excluding hydrogens is 180 g/mol. The number of aromatic hydroxyl groups is 1. The zero-order valence-electron chi connectivity index (χ0n) is 8.24. The molecule has 4 heteroatoms. The molecule has 1 aliphatic heterocycles. The number of hydrogen-bond donors (Lipinski definition) is 1. The SMILES string of the molecule is Cc1ncc2c(c1O)C(=O)N(C)CC2. The molecule has 0 atom stereocenters. The number of pyridine rings is 1. The van der Waals surface area contributed by atoms with E-state index >= 15 is 0 Å². The molecule has 2 heterocycles. The number of aryl methyl sites for hydroxylation is 1. The second-order valence-electron chi connectivity index (χ2n) is 3.57. The van der Waals surface area contributed by atoms with Gasteiger partial charge in [0.2, 0.25) is 0 Å². The Labute approximate surface area is 82.2 Å². The molecule has 0 saturated heterocycles. The Balaban J connectivity index is 2.62. The van der Waals surface area contributed by atoms with Crippen LogP contribution in [-0.4, -0.2) is 34.5 Å². The lowest BCUT2D eigenvalue weighted by atomic mass is 10.00. The number of amides is 1. The normalized spacial score (nSPS) is 15.6. The average Bonchev–Trinajstić information content (AvgIpc) is 2.17. The first-order valence-corrected chi connectivity index (χ1v) is 4.54. The van der Waals surface area contributed by atoms with Crippen LogP contribution < -0.4 is 0 Å². The second-order valence-corrected chi connectivity index (χ2v) is 3.57. The Kier molecular flexibility index (Phi) is 1.91. The van der Waals surface area contributed by atoms with Crippen LogP contribution in [0.1, 0.15) is 21.6 Å². The number of nitrogens with zero attached hydrogens (tertiary/aromatic N) is 2. The molecule has 0 unspecified atom stereocenters. The van der Waals surface area contributed by atoms with E-state index in [-0.39, 0.29) is 11.7 Å². The fourth-order valence-electron chi connectivity index (χ4n) is 1.64. The van der Waals surface area contributed by atoms with E-state index in [0.717, 1.165) is 12.0 Å². The van der Waals surface area contributed by atoms with Gasteiger partial charge in [0.25, 0.3) is 5.91 Å². The van der Waals surface area contributed by atoms with Gasteiger partial charge in [0, 0.05) is 19.8 Å². The molecule has 2 rings (SSSR count). The summed E-state index contributed by atoms with van der Waals surface area (Å²) in [4.78, 5) is 17.4. The molecule has 1 aromatic heterocycles. The molecule has 0 aromatic carbocycles. The fourth-order valence-corrected chi connectivity index (χ4v) is 1.64. The topological polar surface area (TPSA) is 53.4 Å². The zero-order valence-corrected chi connectivity index (χ0v) is 8.24. The van der Waals surface area contributed by atoms with Crippen molar-refractivity contribution in [2.45, 2.75) is 13.3 Å². The third-order valence-corrected chi connectivity index (χ3v) is 2.59. The van der Waals surface area contributed by atoms with Gasteiger partial charge in [-0.1, -0.05) is 0 Å². The van der Waals surface area contributed by atoms with Gasteiger partial charge in [0.15, 0.2) is 0 Å². The summed E-state index contributed by atoms with van der Waals surface area (Å²) in [5, 5.41) is 9.72. The lowest BCUT2D eigenvalue weighted by molar-refractivity contribution is 0.0777. The largest absolute Gasteiger partial charge is 0.505 e. The molecule has 1 amide bonds. The summed E-state index contributed by atoms with van der Waals surface area (Å²) in [6, 6.07) is 0. The van der Waals surface area contributed by atoms with Crippen LogP contribution in [0.15, 0.2) is 6.20 Å². The molecule has 4 nitrogen and oxygen atoms in total. The van der Waals surface area contributed by atoms with Crippen molar-refractivity contribution in [3.8, 4) is 5.75 Å². The van der Waals surface area contributed by atoms with Crippen molar-refractivity contribution in [2.24, 2.45) is 0 Å². The predicted octanol–water partition coefficient (Wildman–Crippen LogP) is 0.724. The third kappa shape index (κ3) is 1.14. The Morgan fingerprint density at radius 2 is 2.29 bits per heavy atom. The smallest absolute Gasteiger partial charge is 0.257 e. The van der Waals surface area contributed by atoms with Gasteiger partial charge in [-0.25, -0.2) is 0 Å². The summed E-state index contributed by atoms with van der Waals surface area (Å²) in [7, 11) is 1.74. The zero-order chi connectivity index (χ0) is 10.3. The van der Waals surface area contributed by atoms with Crippen LogP contribution in [0.25, 0.3) is 0 Å². The van der Waals surface area contributed by atoms with Crippen LogP contribution in [0.3, 0.4) is 0 Å². The lowest BCUT2D eigenvalue weighted by Crippen LogP contribution is -2.34. The molecule has 0 saturated carbocycles. The molecule has 14 heavy (non-hydrogen) atoms. The van der Waals surface area contributed by atoms with Crippen LogP contribution in [0.5, 0.6) is 5.75 Å². The maximum absolute atomic E-state index is 11.7. The number of carbonyl (C=O) groups excluding carboxylic acids is 1. The second kappa shape index (κ2) is 2.97. The monoisotopic (exact) mass is 192 g/mol. The van der Waals surface area contributed by atoms with E-state index in [9.17, 15) is 9.90 Å². The van der Waals surface area contributed by atoms with Crippen molar-refractivity contribution in [1.82, 2.24) is 9.88 Å². The quantitative estimate of drug-likeness (QED) is 0.659. The van der Waals surface area contributed by atoms with E-state index in [2.05, 4.69) is 4.98 Å². The van der Waals surface area contributed by atoms with Crippen molar-refractivity contribution in [3.05, 3.63) is 23.0 Å².